The van der Waals surface area contributed by atoms with Gasteiger partial charge in [-0.25, -0.2) is 13.9 Å². The van der Waals surface area contributed by atoms with Crippen LogP contribution in [0.5, 0.6) is 0 Å². The minimum atomic E-state index is -0.0381. The van der Waals surface area contributed by atoms with Gasteiger partial charge in [-0.1, -0.05) is 19.4 Å². The van der Waals surface area contributed by atoms with E-state index in [9.17, 15) is 4.39 Å². The molecule has 0 spiro atoms. The molecule has 5 heteroatoms. The first-order valence-corrected chi connectivity index (χ1v) is 10.0. The maximum atomic E-state index is 14.3. The number of aromatic nitrogens is 3. The maximum absolute atomic E-state index is 14.3. The van der Waals surface area contributed by atoms with E-state index in [1.165, 1.54) is 11.1 Å². The number of halogens is 1. The summed E-state index contributed by atoms with van der Waals surface area (Å²) in [5.74, 6) is 1.56. The number of aliphatic imine (C=N–C) groups is 1. The Bertz CT molecular complexity index is 1020. The molecule has 0 aromatic carbocycles. The summed E-state index contributed by atoms with van der Waals surface area (Å²) < 4.78 is 16.1. The minimum Gasteiger partial charge on any atom is -0.296 e. The molecule has 1 fully saturated rings. The quantitative estimate of drug-likeness (QED) is 0.665. The number of allylic oxidation sites excluding steroid dienone is 6. The Morgan fingerprint density at radius 2 is 2.14 bits per heavy atom. The SMILES string of the molecule is C/N=C\C(=C(\C1=C(C)CCC(F)=C1)C1CC(C)C1C)c1cnn2cccnc12. The first-order valence-electron chi connectivity index (χ1n) is 10.0. The standard InChI is InChI=1S/C23H27FN4/c1-14-6-7-17(24)11-18(14)22(19-10-15(2)16(19)3)20(12-25-4)21-13-27-28-9-5-8-26-23(21)28/h5,8-9,11-13,15-16,19H,6-7,10H2,1-4H3/b22-20+,25-12-. The molecule has 0 aliphatic heterocycles. The Kier molecular flexibility index (Phi) is 5.00. The second-order valence-corrected chi connectivity index (χ2v) is 8.12. The summed E-state index contributed by atoms with van der Waals surface area (Å²) in [5, 5.41) is 4.47. The highest BCUT2D eigenvalue weighted by Gasteiger charge is 2.39. The van der Waals surface area contributed by atoms with Crippen molar-refractivity contribution in [3.8, 4) is 0 Å². The molecule has 0 N–H and O–H groups in total. The molecule has 0 amide bonds. The van der Waals surface area contributed by atoms with Gasteiger partial charge in [0.25, 0.3) is 0 Å². The van der Waals surface area contributed by atoms with Crippen LogP contribution in [0.15, 0.2) is 58.3 Å². The van der Waals surface area contributed by atoms with Gasteiger partial charge in [-0.2, -0.15) is 5.10 Å². The van der Waals surface area contributed by atoms with Crippen molar-refractivity contribution < 1.29 is 4.39 Å². The van der Waals surface area contributed by atoms with Crippen LogP contribution in [0.2, 0.25) is 0 Å². The fourth-order valence-corrected chi connectivity index (χ4v) is 4.49. The van der Waals surface area contributed by atoms with Crippen LogP contribution in [0.1, 0.15) is 45.6 Å². The van der Waals surface area contributed by atoms with Crippen molar-refractivity contribution >= 4 is 17.4 Å². The monoisotopic (exact) mass is 378 g/mol. The van der Waals surface area contributed by atoms with E-state index in [0.29, 0.717) is 24.2 Å². The second kappa shape index (κ2) is 7.46. The minimum absolute atomic E-state index is 0.0381. The van der Waals surface area contributed by atoms with Crippen LogP contribution in [0.3, 0.4) is 0 Å². The number of hydrogen-bond donors (Lipinski definition) is 0. The zero-order chi connectivity index (χ0) is 19.8. The third-order valence-electron chi connectivity index (χ3n) is 6.44. The Balaban J connectivity index is 2.00. The molecule has 2 aliphatic rings. The Morgan fingerprint density at radius 3 is 2.86 bits per heavy atom. The van der Waals surface area contributed by atoms with E-state index < -0.39 is 0 Å². The topological polar surface area (TPSA) is 42.5 Å². The van der Waals surface area contributed by atoms with E-state index in [1.807, 2.05) is 24.7 Å². The first-order chi connectivity index (χ1) is 13.5. The van der Waals surface area contributed by atoms with Crippen molar-refractivity contribution in [3.63, 3.8) is 0 Å². The largest absolute Gasteiger partial charge is 0.296 e. The molecule has 0 bridgehead atoms. The summed E-state index contributed by atoms with van der Waals surface area (Å²) in [7, 11) is 1.78. The lowest BCUT2D eigenvalue weighted by atomic mass is 9.60. The summed E-state index contributed by atoms with van der Waals surface area (Å²) in [4.78, 5) is 8.90. The highest BCUT2D eigenvalue weighted by molar-refractivity contribution is 6.14. The first kappa shape index (κ1) is 18.8. The fraction of sp³-hybridized carbons (Fsp3) is 0.435. The number of hydrogen-bond acceptors (Lipinski definition) is 3. The van der Waals surface area contributed by atoms with E-state index >= 15 is 0 Å². The average Bonchev–Trinajstić information content (AvgIpc) is 3.13. The van der Waals surface area contributed by atoms with Crippen LogP contribution in [0.4, 0.5) is 4.39 Å². The van der Waals surface area contributed by atoms with Crippen molar-refractivity contribution in [2.45, 2.75) is 40.0 Å². The number of fused-ring (bicyclic) bond motifs is 1. The summed E-state index contributed by atoms with van der Waals surface area (Å²) in [5.41, 5.74) is 6.25. The molecule has 146 valence electrons. The van der Waals surface area contributed by atoms with Crippen LogP contribution in [0, 0.1) is 17.8 Å². The van der Waals surface area contributed by atoms with E-state index in [2.05, 4.69) is 35.8 Å². The number of rotatable bonds is 4. The maximum Gasteiger partial charge on any atom is 0.162 e. The molecular formula is C23H27FN4. The Labute approximate surface area is 165 Å². The second-order valence-electron chi connectivity index (χ2n) is 8.12. The van der Waals surface area contributed by atoms with Gasteiger partial charge < -0.3 is 0 Å². The molecule has 28 heavy (non-hydrogen) atoms. The molecule has 4 rings (SSSR count). The van der Waals surface area contributed by atoms with Gasteiger partial charge in [0.2, 0.25) is 0 Å². The third-order valence-corrected chi connectivity index (χ3v) is 6.44. The van der Waals surface area contributed by atoms with Gasteiger partial charge in [-0.3, -0.25) is 4.99 Å². The van der Waals surface area contributed by atoms with Gasteiger partial charge in [0, 0.05) is 43.2 Å². The van der Waals surface area contributed by atoms with Crippen LogP contribution < -0.4 is 0 Å². The lowest BCUT2D eigenvalue weighted by Gasteiger charge is -2.44. The van der Waals surface area contributed by atoms with Crippen LogP contribution in [-0.4, -0.2) is 27.9 Å². The molecule has 2 aromatic rings. The average molecular weight is 378 g/mol. The van der Waals surface area contributed by atoms with Crippen molar-refractivity contribution in [1.82, 2.24) is 14.6 Å². The molecule has 1 saturated carbocycles. The highest BCUT2D eigenvalue weighted by atomic mass is 19.1. The summed E-state index contributed by atoms with van der Waals surface area (Å²) in [6, 6.07) is 1.86. The predicted molar refractivity (Wildman–Crippen MR) is 112 cm³/mol. The normalized spacial score (nSPS) is 26.5. The van der Waals surface area contributed by atoms with Crippen LogP contribution >= 0.6 is 0 Å². The summed E-state index contributed by atoms with van der Waals surface area (Å²) in [6.45, 7) is 6.72. The van der Waals surface area contributed by atoms with Gasteiger partial charge >= 0.3 is 0 Å². The smallest absolute Gasteiger partial charge is 0.162 e. The van der Waals surface area contributed by atoms with Gasteiger partial charge in [-0.05, 0) is 60.8 Å². The molecule has 2 aliphatic carbocycles. The molecule has 3 atom stereocenters. The predicted octanol–water partition coefficient (Wildman–Crippen LogP) is 5.44. The van der Waals surface area contributed by atoms with Gasteiger partial charge in [0.1, 0.15) is 5.83 Å². The van der Waals surface area contributed by atoms with Crippen LogP contribution in [0.25, 0.3) is 11.2 Å². The Morgan fingerprint density at radius 1 is 1.32 bits per heavy atom. The zero-order valence-corrected chi connectivity index (χ0v) is 17.0. The molecule has 2 aromatic heterocycles. The fourth-order valence-electron chi connectivity index (χ4n) is 4.49. The molecule has 2 heterocycles. The molecule has 0 saturated heterocycles. The lowest BCUT2D eigenvalue weighted by molar-refractivity contribution is 0.137. The summed E-state index contributed by atoms with van der Waals surface area (Å²) in [6.07, 6.45) is 11.5. The Hall–Kier alpha value is -2.56. The highest BCUT2D eigenvalue weighted by Crippen LogP contribution is 2.50. The molecule has 3 unspecified atom stereocenters. The van der Waals surface area contributed by atoms with Gasteiger partial charge in [-0.15, -0.1) is 0 Å². The van der Waals surface area contributed by atoms with Crippen molar-refractivity contribution in [3.05, 3.63) is 58.8 Å². The number of nitrogens with zero attached hydrogens (tertiary/aromatic N) is 4. The van der Waals surface area contributed by atoms with E-state index in [4.69, 9.17) is 0 Å². The molecule has 4 nitrogen and oxygen atoms in total. The zero-order valence-electron chi connectivity index (χ0n) is 17.0. The van der Waals surface area contributed by atoms with Crippen LogP contribution in [-0.2, 0) is 0 Å². The van der Waals surface area contributed by atoms with E-state index in [1.54, 1.807) is 23.8 Å². The van der Waals surface area contributed by atoms with Gasteiger partial charge in [0.15, 0.2) is 5.65 Å². The van der Waals surface area contributed by atoms with Crippen molar-refractivity contribution in [1.29, 1.82) is 0 Å². The van der Waals surface area contributed by atoms with Crippen molar-refractivity contribution in [2.24, 2.45) is 22.7 Å². The van der Waals surface area contributed by atoms with Gasteiger partial charge in [0.05, 0.1) is 6.20 Å². The summed E-state index contributed by atoms with van der Waals surface area (Å²) >= 11 is 0. The lowest BCUT2D eigenvalue weighted by Crippen LogP contribution is -2.35. The third kappa shape index (κ3) is 3.13. The van der Waals surface area contributed by atoms with E-state index in [0.717, 1.165) is 35.2 Å². The van der Waals surface area contributed by atoms with E-state index in [-0.39, 0.29) is 5.83 Å². The van der Waals surface area contributed by atoms with Crippen molar-refractivity contribution in [2.75, 3.05) is 7.05 Å². The molecule has 0 radical (unpaired) electrons. The molecular weight excluding hydrogens is 351 g/mol.